The van der Waals surface area contributed by atoms with Gasteiger partial charge in [0.2, 0.25) is 0 Å². The lowest BCUT2D eigenvalue weighted by molar-refractivity contribution is 1.28. The molecule has 1 aromatic carbocycles. The van der Waals surface area contributed by atoms with Gasteiger partial charge in [-0.25, -0.2) is 0 Å². The number of aromatic nitrogens is 2. The molecule has 4 heteroatoms. The van der Waals surface area contributed by atoms with Gasteiger partial charge in [0.1, 0.15) is 5.69 Å². The van der Waals surface area contributed by atoms with E-state index in [0.29, 0.717) is 11.4 Å². The molecule has 2 heterocycles. The first kappa shape index (κ1) is 13.9. The topological polar surface area (TPSA) is 75.7 Å². The predicted molar refractivity (Wildman–Crippen MR) is 89.9 cm³/mol. The van der Waals surface area contributed by atoms with Crippen LogP contribution in [0.3, 0.4) is 0 Å². The Morgan fingerprint density at radius 3 is 2.64 bits per heavy atom. The molecule has 0 spiro atoms. The maximum Gasteiger partial charge on any atom is 0.103 e. The Balaban J connectivity index is 2.16. The van der Waals surface area contributed by atoms with Crippen LogP contribution in [0.1, 0.15) is 11.3 Å². The Morgan fingerprint density at radius 2 is 1.91 bits per heavy atom. The minimum Gasteiger partial charge on any atom is -0.397 e. The van der Waals surface area contributed by atoms with Crippen molar-refractivity contribution in [2.45, 2.75) is 6.92 Å². The SMILES string of the molecule is Cc1cccc(-c2ncccc2-c2cnc(C=N)c(N)c2)c1. The van der Waals surface area contributed by atoms with Gasteiger partial charge in [0.15, 0.2) is 0 Å². The van der Waals surface area contributed by atoms with Crippen molar-refractivity contribution in [3.05, 3.63) is 66.1 Å². The quantitative estimate of drug-likeness (QED) is 0.721. The summed E-state index contributed by atoms with van der Waals surface area (Å²) in [6, 6.07) is 14.0. The second-order valence-corrected chi connectivity index (χ2v) is 5.11. The lowest BCUT2D eigenvalue weighted by Gasteiger charge is -2.10. The van der Waals surface area contributed by atoms with Gasteiger partial charge >= 0.3 is 0 Å². The number of anilines is 1. The Hall–Kier alpha value is -3.01. The molecule has 0 amide bonds. The van der Waals surface area contributed by atoms with Crippen molar-refractivity contribution in [1.29, 1.82) is 5.41 Å². The molecule has 3 aromatic rings. The van der Waals surface area contributed by atoms with Crippen LogP contribution in [0.5, 0.6) is 0 Å². The third kappa shape index (κ3) is 2.59. The summed E-state index contributed by atoms with van der Waals surface area (Å²) in [6.45, 7) is 2.06. The van der Waals surface area contributed by atoms with Gasteiger partial charge < -0.3 is 11.1 Å². The highest BCUT2D eigenvalue weighted by molar-refractivity contribution is 5.86. The maximum absolute atomic E-state index is 7.28. The molecule has 3 rings (SSSR count). The van der Waals surface area contributed by atoms with E-state index in [1.165, 1.54) is 5.56 Å². The van der Waals surface area contributed by atoms with E-state index in [4.69, 9.17) is 11.1 Å². The zero-order chi connectivity index (χ0) is 15.5. The number of rotatable bonds is 3. The standard InChI is InChI=1S/C18H16N4/c1-12-4-2-5-13(8-12)18-15(6-3-7-21-18)14-9-16(20)17(10-19)22-11-14/h2-11,19H,20H2,1H3. The summed E-state index contributed by atoms with van der Waals surface area (Å²) in [7, 11) is 0. The van der Waals surface area contributed by atoms with Gasteiger partial charge in [-0.05, 0) is 25.1 Å². The van der Waals surface area contributed by atoms with Gasteiger partial charge in [-0.3, -0.25) is 9.97 Å². The van der Waals surface area contributed by atoms with E-state index in [0.717, 1.165) is 28.6 Å². The minimum atomic E-state index is 0.477. The van der Waals surface area contributed by atoms with Crippen LogP contribution in [-0.2, 0) is 0 Å². The number of pyridine rings is 2. The molecule has 0 saturated carbocycles. The van der Waals surface area contributed by atoms with Gasteiger partial charge in [0, 0.05) is 35.3 Å². The van der Waals surface area contributed by atoms with Crippen molar-refractivity contribution in [2.24, 2.45) is 0 Å². The average Bonchev–Trinajstić information content (AvgIpc) is 2.55. The number of nitrogens with zero attached hydrogens (tertiary/aromatic N) is 2. The smallest absolute Gasteiger partial charge is 0.103 e. The molecular weight excluding hydrogens is 272 g/mol. The Bertz CT molecular complexity index is 840. The van der Waals surface area contributed by atoms with Crippen LogP contribution in [0.2, 0.25) is 0 Å². The zero-order valence-corrected chi connectivity index (χ0v) is 12.2. The molecule has 22 heavy (non-hydrogen) atoms. The van der Waals surface area contributed by atoms with Crippen LogP contribution in [0.4, 0.5) is 5.69 Å². The molecule has 0 unspecified atom stereocenters. The van der Waals surface area contributed by atoms with E-state index < -0.39 is 0 Å². The number of nitrogens with one attached hydrogen (secondary N) is 1. The average molecular weight is 288 g/mol. The Labute approximate surface area is 129 Å². The first-order valence-corrected chi connectivity index (χ1v) is 6.97. The summed E-state index contributed by atoms with van der Waals surface area (Å²) in [4.78, 5) is 8.75. The lowest BCUT2D eigenvalue weighted by Crippen LogP contribution is -1.98. The van der Waals surface area contributed by atoms with Crippen molar-refractivity contribution in [3.8, 4) is 22.4 Å². The van der Waals surface area contributed by atoms with Gasteiger partial charge in [0.25, 0.3) is 0 Å². The van der Waals surface area contributed by atoms with Crippen LogP contribution in [0.15, 0.2) is 54.9 Å². The summed E-state index contributed by atoms with van der Waals surface area (Å²) in [5.41, 5.74) is 11.9. The van der Waals surface area contributed by atoms with Gasteiger partial charge in [-0.15, -0.1) is 0 Å². The molecule has 2 aromatic heterocycles. The molecule has 0 aliphatic carbocycles. The highest BCUT2D eigenvalue weighted by Gasteiger charge is 2.10. The van der Waals surface area contributed by atoms with Crippen LogP contribution in [0, 0.1) is 12.3 Å². The Morgan fingerprint density at radius 1 is 1.05 bits per heavy atom. The number of nitrogen functional groups attached to an aromatic ring is 1. The highest BCUT2D eigenvalue weighted by atomic mass is 14.7. The second kappa shape index (κ2) is 5.77. The maximum atomic E-state index is 7.28. The van der Waals surface area contributed by atoms with E-state index in [1.54, 1.807) is 12.4 Å². The van der Waals surface area contributed by atoms with Crippen molar-refractivity contribution in [3.63, 3.8) is 0 Å². The molecule has 0 fully saturated rings. The first-order chi connectivity index (χ1) is 10.7. The molecule has 0 atom stereocenters. The molecule has 0 bridgehead atoms. The normalized spacial score (nSPS) is 10.4. The first-order valence-electron chi connectivity index (χ1n) is 6.97. The van der Waals surface area contributed by atoms with Gasteiger partial charge in [-0.2, -0.15) is 0 Å². The highest BCUT2D eigenvalue weighted by Crippen LogP contribution is 2.31. The largest absolute Gasteiger partial charge is 0.397 e. The third-order valence-electron chi connectivity index (χ3n) is 3.50. The van der Waals surface area contributed by atoms with Crippen LogP contribution in [0.25, 0.3) is 22.4 Å². The van der Waals surface area contributed by atoms with Crippen molar-refractivity contribution < 1.29 is 0 Å². The second-order valence-electron chi connectivity index (χ2n) is 5.11. The minimum absolute atomic E-state index is 0.477. The van der Waals surface area contributed by atoms with E-state index in [9.17, 15) is 0 Å². The summed E-state index contributed by atoms with van der Waals surface area (Å²) >= 11 is 0. The van der Waals surface area contributed by atoms with Crippen molar-refractivity contribution >= 4 is 11.9 Å². The van der Waals surface area contributed by atoms with Crippen molar-refractivity contribution in [1.82, 2.24) is 9.97 Å². The van der Waals surface area contributed by atoms with Crippen LogP contribution < -0.4 is 5.73 Å². The molecule has 3 N–H and O–H groups in total. The molecule has 0 aliphatic heterocycles. The van der Waals surface area contributed by atoms with E-state index >= 15 is 0 Å². The fraction of sp³-hybridized carbons (Fsp3) is 0.0556. The number of hydrogen-bond acceptors (Lipinski definition) is 4. The fourth-order valence-corrected chi connectivity index (χ4v) is 2.42. The monoisotopic (exact) mass is 288 g/mol. The van der Waals surface area contributed by atoms with Gasteiger partial charge in [0.05, 0.1) is 11.4 Å². The summed E-state index contributed by atoms with van der Waals surface area (Å²) in [6.07, 6.45) is 4.67. The third-order valence-corrected chi connectivity index (χ3v) is 3.50. The van der Waals surface area contributed by atoms with E-state index in [2.05, 4.69) is 29.0 Å². The molecule has 0 aliphatic rings. The summed E-state index contributed by atoms with van der Waals surface area (Å²) < 4.78 is 0. The Kier molecular flexibility index (Phi) is 3.66. The lowest BCUT2D eigenvalue weighted by atomic mass is 9.99. The molecular formula is C18H16N4. The predicted octanol–water partition coefficient (Wildman–Crippen LogP) is 3.70. The number of aryl methyl sites for hydroxylation is 1. The molecule has 0 radical (unpaired) electrons. The van der Waals surface area contributed by atoms with Crippen LogP contribution in [-0.4, -0.2) is 16.2 Å². The number of hydrogen-bond donors (Lipinski definition) is 2. The molecule has 108 valence electrons. The molecule has 0 saturated heterocycles. The van der Waals surface area contributed by atoms with Crippen molar-refractivity contribution in [2.75, 3.05) is 5.73 Å². The van der Waals surface area contributed by atoms with E-state index in [1.807, 2.05) is 30.3 Å². The van der Waals surface area contributed by atoms with Crippen LogP contribution >= 0.6 is 0 Å². The summed E-state index contributed by atoms with van der Waals surface area (Å²) in [5, 5.41) is 7.28. The fourth-order valence-electron chi connectivity index (χ4n) is 2.42. The number of benzene rings is 1. The van der Waals surface area contributed by atoms with Gasteiger partial charge in [-0.1, -0.05) is 29.8 Å². The van der Waals surface area contributed by atoms with E-state index in [-0.39, 0.29) is 0 Å². The summed E-state index contributed by atoms with van der Waals surface area (Å²) in [5.74, 6) is 0. The number of nitrogens with two attached hydrogens (primary N) is 1. The molecule has 4 nitrogen and oxygen atoms in total. The zero-order valence-electron chi connectivity index (χ0n) is 12.2.